The van der Waals surface area contributed by atoms with Crippen LogP contribution in [0.4, 0.5) is 0 Å². The molecule has 100 valence electrons. The van der Waals surface area contributed by atoms with E-state index in [0.717, 1.165) is 0 Å². The minimum absolute atomic E-state index is 0.158. The molecule has 0 amide bonds. The molecule has 0 saturated heterocycles. The molecular formula is C13H7Cl2N3O2. The fraction of sp³-hybridized carbons (Fsp3) is 0. The number of nitrogens with zero attached hydrogens (tertiary/aromatic N) is 3. The molecule has 2 aromatic heterocycles. The lowest BCUT2D eigenvalue weighted by atomic mass is 10.2. The zero-order chi connectivity index (χ0) is 14.3. The van der Waals surface area contributed by atoms with E-state index in [-0.39, 0.29) is 5.56 Å². The third-order valence-corrected chi connectivity index (χ3v) is 3.50. The minimum Gasteiger partial charge on any atom is -0.478 e. The number of halogens is 2. The highest BCUT2D eigenvalue weighted by Gasteiger charge is 2.10. The molecule has 3 rings (SSSR count). The van der Waals surface area contributed by atoms with Crippen molar-refractivity contribution in [1.82, 2.24) is 14.6 Å². The molecule has 0 spiro atoms. The van der Waals surface area contributed by atoms with Crippen LogP contribution < -0.4 is 0 Å². The van der Waals surface area contributed by atoms with E-state index in [9.17, 15) is 4.79 Å². The number of hydrogen-bond donors (Lipinski definition) is 1. The van der Waals surface area contributed by atoms with Crippen molar-refractivity contribution in [2.45, 2.75) is 0 Å². The van der Waals surface area contributed by atoms with Gasteiger partial charge in [0.25, 0.3) is 0 Å². The molecule has 3 aromatic rings. The summed E-state index contributed by atoms with van der Waals surface area (Å²) in [7, 11) is 0. The first-order chi connectivity index (χ1) is 9.54. The maximum atomic E-state index is 10.9. The second-order valence-electron chi connectivity index (χ2n) is 4.09. The standard InChI is InChI=1S/C13H7Cl2N3O2/c14-9-2-1-7(5-10(9)15)12-16-11-6-8(13(19)20)3-4-18(11)17-12/h1-6H,(H,19,20). The average molecular weight is 308 g/mol. The molecule has 0 fully saturated rings. The number of aromatic nitrogens is 3. The topological polar surface area (TPSA) is 67.5 Å². The van der Waals surface area contributed by atoms with E-state index in [0.29, 0.717) is 27.1 Å². The van der Waals surface area contributed by atoms with Gasteiger partial charge in [-0.15, -0.1) is 5.10 Å². The number of rotatable bonds is 2. The molecule has 20 heavy (non-hydrogen) atoms. The molecule has 0 radical (unpaired) electrons. The molecule has 0 unspecified atom stereocenters. The smallest absolute Gasteiger partial charge is 0.335 e. The van der Waals surface area contributed by atoms with Crippen molar-refractivity contribution in [3.05, 3.63) is 52.1 Å². The Kier molecular flexibility index (Phi) is 3.08. The number of hydrogen-bond acceptors (Lipinski definition) is 3. The van der Waals surface area contributed by atoms with Crippen LogP contribution in [0, 0.1) is 0 Å². The predicted octanol–water partition coefficient (Wildman–Crippen LogP) is 3.40. The number of carbonyl (C=O) groups is 1. The molecule has 1 aromatic carbocycles. The van der Waals surface area contributed by atoms with Gasteiger partial charge in [0.2, 0.25) is 0 Å². The van der Waals surface area contributed by atoms with Crippen molar-refractivity contribution in [2.75, 3.05) is 0 Å². The summed E-state index contributed by atoms with van der Waals surface area (Å²) < 4.78 is 1.50. The normalized spacial score (nSPS) is 10.9. The first-order valence-corrected chi connectivity index (χ1v) is 6.35. The molecule has 7 heteroatoms. The van der Waals surface area contributed by atoms with Crippen LogP contribution in [0.2, 0.25) is 10.0 Å². The summed E-state index contributed by atoms with van der Waals surface area (Å²) in [4.78, 5) is 15.2. The van der Waals surface area contributed by atoms with E-state index in [1.54, 1.807) is 24.4 Å². The molecule has 1 N–H and O–H groups in total. The van der Waals surface area contributed by atoms with Gasteiger partial charge in [-0.1, -0.05) is 23.2 Å². The van der Waals surface area contributed by atoms with Crippen molar-refractivity contribution >= 4 is 34.8 Å². The summed E-state index contributed by atoms with van der Waals surface area (Å²) in [6, 6.07) is 7.99. The van der Waals surface area contributed by atoms with Crippen LogP contribution in [-0.4, -0.2) is 25.7 Å². The molecule has 2 heterocycles. The summed E-state index contributed by atoms with van der Waals surface area (Å²) in [6.45, 7) is 0. The number of fused-ring (bicyclic) bond motifs is 1. The fourth-order valence-electron chi connectivity index (χ4n) is 1.77. The highest BCUT2D eigenvalue weighted by molar-refractivity contribution is 6.42. The second kappa shape index (κ2) is 4.77. The van der Waals surface area contributed by atoms with Crippen molar-refractivity contribution in [3.8, 4) is 11.4 Å². The van der Waals surface area contributed by atoms with Gasteiger partial charge in [-0.05, 0) is 30.3 Å². The highest BCUT2D eigenvalue weighted by atomic mass is 35.5. The minimum atomic E-state index is -1.01. The molecule has 5 nitrogen and oxygen atoms in total. The predicted molar refractivity (Wildman–Crippen MR) is 75.4 cm³/mol. The summed E-state index contributed by atoms with van der Waals surface area (Å²) in [5, 5.41) is 14.1. The van der Waals surface area contributed by atoms with E-state index in [4.69, 9.17) is 28.3 Å². The Morgan fingerprint density at radius 3 is 2.65 bits per heavy atom. The van der Waals surface area contributed by atoms with Crippen molar-refractivity contribution in [1.29, 1.82) is 0 Å². The molecule has 0 bridgehead atoms. The summed E-state index contributed by atoms with van der Waals surface area (Å²) in [5.41, 5.74) is 1.32. The molecular weight excluding hydrogens is 301 g/mol. The Balaban J connectivity index is 2.12. The van der Waals surface area contributed by atoms with E-state index in [1.807, 2.05) is 0 Å². The summed E-state index contributed by atoms with van der Waals surface area (Å²) in [6.07, 6.45) is 1.55. The van der Waals surface area contributed by atoms with Gasteiger partial charge in [0.15, 0.2) is 11.5 Å². The Morgan fingerprint density at radius 1 is 1.15 bits per heavy atom. The lowest BCUT2D eigenvalue weighted by molar-refractivity contribution is 0.0697. The monoisotopic (exact) mass is 307 g/mol. The molecule has 0 aliphatic heterocycles. The van der Waals surface area contributed by atoms with Gasteiger partial charge in [-0.25, -0.2) is 14.3 Å². The first-order valence-electron chi connectivity index (χ1n) is 5.60. The van der Waals surface area contributed by atoms with Gasteiger partial charge in [-0.3, -0.25) is 0 Å². The van der Waals surface area contributed by atoms with Crippen LogP contribution in [0.5, 0.6) is 0 Å². The first kappa shape index (κ1) is 12.9. The number of benzene rings is 1. The van der Waals surface area contributed by atoms with E-state index in [2.05, 4.69) is 10.1 Å². The Bertz CT molecular complexity index is 830. The number of pyridine rings is 1. The van der Waals surface area contributed by atoms with Crippen molar-refractivity contribution in [2.24, 2.45) is 0 Å². The van der Waals surface area contributed by atoms with Gasteiger partial charge in [0.05, 0.1) is 15.6 Å². The Labute approximate surface area is 123 Å². The van der Waals surface area contributed by atoms with Gasteiger partial charge in [0, 0.05) is 11.8 Å². The zero-order valence-corrected chi connectivity index (χ0v) is 11.4. The molecule has 0 aliphatic carbocycles. The lowest BCUT2D eigenvalue weighted by Gasteiger charge is -1.97. The Hall–Kier alpha value is -2.11. The van der Waals surface area contributed by atoms with Gasteiger partial charge in [0.1, 0.15) is 0 Å². The number of carboxylic acid groups (broad SMARTS) is 1. The molecule has 0 atom stereocenters. The largest absolute Gasteiger partial charge is 0.478 e. The summed E-state index contributed by atoms with van der Waals surface area (Å²) >= 11 is 11.8. The highest BCUT2D eigenvalue weighted by Crippen LogP contribution is 2.27. The van der Waals surface area contributed by atoms with Gasteiger partial charge in [-0.2, -0.15) is 0 Å². The van der Waals surface area contributed by atoms with Crippen LogP contribution >= 0.6 is 23.2 Å². The van der Waals surface area contributed by atoms with Crippen LogP contribution in [-0.2, 0) is 0 Å². The third-order valence-electron chi connectivity index (χ3n) is 2.76. The SMILES string of the molecule is O=C(O)c1ccn2nc(-c3ccc(Cl)c(Cl)c3)nc2c1. The van der Waals surface area contributed by atoms with Crippen molar-refractivity contribution < 1.29 is 9.90 Å². The Morgan fingerprint density at radius 2 is 1.95 bits per heavy atom. The maximum Gasteiger partial charge on any atom is 0.335 e. The van der Waals surface area contributed by atoms with Gasteiger partial charge < -0.3 is 5.11 Å². The summed E-state index contributed by atoms with van der Waals surface area (Å²) in [5.74, 6) is -0.558. The van der Waals surface area contributed by atoms with Crippen LogP contribution in [0.1, 0.15) is 10.4 Å². The maximum absolute atomic E-state index is 10.9. The van der Waals surface area contributed by atoms with E-state index < -0.39 is 5.97 Å². The molecule has 0 aliphatic rings. The van der Waals surface area contributed by atoms with Gasteiger partial charge >= 0.3 is 5.97 Å². The lowest BCUT2D eigenvalue weighted by Crippen LogP contribution is -1.97. The quantitative estimate of drug-likeness (QED) is 0.788. The van der Waals surface area contributed by atoms with Crippen LogP contribution in [0.25, 0.3) is 17.0 Å². The van der Waals surface area contributed by atoms with Crippen LogP contribution in [0.3, 0.4) is 0 Å². The third kappa shape index (κ3) is 2.21. The van der Waals surface area contributed by atoms with Crippen molar-refractivity contribution in [3.63, 3.8) is 0 Å². The van der Waals surface area contributed by atoms with E-state index in [1.165, 1.54) is 16.6 Å². The van der Waals surface area contributed by atoms with Crippen LogP contribution in [0.15, 0.2) is 36.5 Å². The zero-order valence-electron chi connectivity index (χ0n) is 9.92. The molecule has 0 saturated carbocycles. The van der Waals surface area contributed by atoms with E-state index >= 15 is 0 Å². The fourth-order valence-corrected chi connectivity index (χ4v) is 2.07. The number of aromatic carboxylic acids is 1. The average Bonchev–Trinajstić information content (AvgIpc) is 2.84. The second-order valence-corrected chi connectivity index (χ2v) is 4.90. The number of carboxylic acids is 1.